The van der Waals surface area contributed by atoms with Crippen LogP contribution in [0.4, 0.5) is 0 Å². The standard InChI is InChI=1S/C18H19NO8/c1-9-11-3-5-13(20)10(2)17(11)27-18(26)12(9)4-6-14(21)19(7-15(22)23)8-16(24)25/h3,5,20H,4,6-8H2,1-2H3,(H,22,23)(H,24,25)/p-2. The largest absolute Gasteiger partial charge is 0.548 e. The summed E-state index contributed by atoms with van der Waals surface area (Å²) in [5, 5.41) is 31.7. The van der Waals surface area contributed by atoms with Gasteiger partial charge in [0.2, 0.25) is 5.91 Å². The molecule has 0 aliphatic rings. The van der Waals surface area contributed by atoms with Gasteiger partial charge in [-0.15, -0.1) is 0 Å². The first-order valence-corrected chi connectivity index (χ1v) is 8.04. The smallest absolute Gasteiger partial charge is 0.339 e. The lowest BCUT2D eigenvalue weighted by molar-refractivity contribution is -0.309. The molecule has 2 aromatic rings. The highest BCUT2D eigenvalue weighted by atomic mass is 16.4. The minimum atomic E-state index is -1.61. The van der Waals surface area contributed by atoms with Gasteiger partial charge < -0.3 is 34.2 Å². The van der Waals surface area contributed by atoms with Gasteiger partial charge in [-0.1, -0.05) is 0 Å². The molecule has 0 unspecified atom stereocenters. The molecule has 9 nitrogen and oxygen atoms in total. The van der Waals surface area contributed by atoms with Crippen LogP contribution in [0, 0.1) is 13.8 Å². The molecule has 9 heteroatoms. The van der Waals surface area contributed by atoms with E-state index in [1.165, 1.54) is 6.07 Å². The number of carbonyl (C=O) groups is 3. The Balaban J connectivity index is 2.29. The van der Waals surface area contributed by atoms with Crippen LogP contribution in [0.25, 0.3) is 11.0 Å². The molecule has 1 amide bonds. The van der Waals surface area contributed by atoms with Crippen molar-refractivity contribution in [2.24, 2.45) is 0 Å². The second-order valence-electron chi connectivity index (χ2n) is 6.07. The second kappa shape index (κ2) is 7.90. The minimum Gasteiger partial charge on any atom is -0.548 e. The van der Waals surface area contributed by atoms with Crippen molar-refractivity contribution in [1.29, 1.82) is 0 Å². The summed E-state index contributed by atoms with van der Waals surface area (Å²) in [5.74, 6) is -4.01. The van der Waals surface area contributed by atoms with Gasteiger partial charge in [-0.05, 0) is 38.0 Å². The van der Waals surface area contributed by atoms with E-state index in [0.717, 1.165) is 0 Å². The van der Waals surface area contributed by atoms with Crippen LogP contribution in [-0.4, -0.2) is 40.9 Å². The molecule has 2 rings (SSSR count). The molecule has 144 valence electrons. The fraction of sp³-hybridized carbons (Fsp3) is 0.333. The molecule has 0 fully saturated rings. The van der Waals surface area contributed by atoms with Crippen molar-refractivity contribution in [3.8, 4) is 5.75 Å². The first-order valence-electron chi connectivity index (χ1n) is 8.04. The summed E-state index contributed by atoms with van der Waals surface area (Å²) in [7, 11) is 0. The predicted molar refractivity (Wildman–Crippen MR) is 88.5 cm³/mol. The normalized spacial score (nSPS) is 10.7. The average molecular weight is 375 g/mol. The monoisotopic (exact) mass is 375 g/mol. The van der Waals surface area contributed by atoms with E-state index in [1.807, 2.05) is 0 Å². The lowest BCUT2D eigenvalue weighted by atomic mass is 10.00. The number of nitrogens with zero attached hydrogens (tertiary/aromatic N) is 1. The number of phenolic OH excluding ortho intramolecular Hbond substituents is 1. The van der Waals surface area contributed by atoms with Crippen molar-refractivity contribution >= 4 is 28.8 Å². The van der Waals surface area contributed by atoms with Crippen molar-refractivity contribution in [2.45, 2.75) is 26.7 Å². The van der Waals surface area contributed by atoms with Gasteiger partial charge in [0.1, 0.15) is 11.3 Å². The molecule has 1 N–H and O–H groups in total. The van der Waals surface area contributed by atoms with Crippen LogP contribution in [-0.2, 0) is 20.8 Å². The average Bonchev–Trinajstić information content (AvgIpc) is 2.56. The topological polar surface area (TPSA) is 151 Å². The summed E-state index contributed by atoms with van der Waals surface area (Å²) < 4.78 is 5.26. The number of aryl methyl sites for hydroxylation is 2. The maximum Gasteiger partial charge on any atom is 0.339 e. The molecule has 0 saturated heterocycles. The molecule has 1 aromatic heterocycles. The van der Waals surface area contributed by atoms with E-state index in [-0.39, 0.29) is 29.7 Å². The third-order valence-electron chi connectivity index (χ3n) is 4.26. The summed E-state index contributed by atoms with van der Waals surface area (Å²) in [4.78, 5) is 46.4. The molecule has 27 heavy (non-hydrogen) atoms. The van der Waals surface area contributed by atoms with E-state index in [1.54, 1.807) is 19.9 Å². The highest BCUT2D eigenvalue weighted by molar-refractivity contribution is 5.86. The van der Waals surface area contributed by atoms with Crippen LogP contribution < -0.4 is 15.8 Å². The van der Waals surface area contributed by atoms with Crippen molar-refractivity contribution in [1.82, 2.24) is 4.90 Å². The molecule has 1 aromatic carbocycles. The molecule has 0 saturated carbocycles. The van der Waals surface area contributed by atoms with Crippen molar-refractivity contribution in [3.63, 3.8) is 0 Å². The number of carboxylic acid groups (broad SMARTS) is 2. The van der Waals surface area contributed by atoms with Gasteiger partial charge in [0.05, 0.1) is 25.0 Å². The second-order valence-corrected chi connectivity index (χ2v) is 6.07. The first kappa shape index (κ1) is 20.0. The molecule has 0 spiro atoms. The molecule has 0 aliphatic carbocycles. The predicted octanol–water partition coefficient (Wildman–Crippen LogP) is -1.62. The Hall–Kier alpha value is -3.36. The number of aliphatic carboxylic acids is 2. The fourth-order valence-electron chi connectivity index (χ4n) is 2.80. The van der Waals surface area contributed by atoms with E-state index in [0.29, 0.717) is 21.4 Å². The number of amides is 1. The quantitative estimate of drug-likeness (QED) is 0.567. The Bertz CT molecular complexity index is 959. The summed E-state index contributed by atoms with van der Waals surface area (Å²) in [6.45, 7) is 1.48. The number of hydrogen-bond donors (Lipinski definition) is 1. The Morgan fingerprint density at radius 2 is 1.67 bits per heavy atom. The van der Waals surface area contributed by atoms with Gasteiger partial charge in [0.25, 0.3) is 0 Å². The van der Waals surface area contributed by atoms with Crippen LogP contribution in [0.1, 0.15) is 23.1 Å². The Morgan fingerprint density at radius 1 is 1.07 bits per heavy atom. The van der Waals surface area contributed by atoms with Crippen LogP contribution in [0.3, 0.4) is 0 Å². The minimum absolute atomic E-state index is 0.0202. The number of carboxylic acids is 2. The van der Waals surface area contributed by atoms with E-state index < -0.39 is 36.6 Å². The van der Waals surface area contributed by atoms with E-state index >= 15 is 0 Å². The maximum absolute atomic E-state index is 12.3. The number of rotatable bonds is 7. The number of benzene rings is 1. The van der Waals surface area contributed by atoms with E-state index in [4.69, 9.17) is 4.42 Å². The Labute approximate surface area is 153 Å². The highest BCUT2D eigenvalue weighted by Crippen LogP contribution is 2.28. The molecular formula is C18H17NO8-2. The van der Waals surface area contributed by atoms with Crippen molar-refractivity contribution < 1.29 is 34.1 Å². The number of phenols is 1. The molecule has 0 radical (unpaired) electrons. The van der Waals surface area contributed by atoms with Crippen LogP contribution in [0.15, 0.2) is 21.3 Å². The fourth-order valence-corrected chi connectivity index (χ4v) is 2.80. The molecule has 0 aliphatic heterocycles. The molecule has 1 heterocycles. The number of carbonyl (C=O) groups excluding carboxylic acids is 3. The van der Waals surface area contributed by atoms with Gasteiger partial charge in [-0.2, -0.15) is 0 Å². The van der Waals surface area contributed by atoms with Crippen LogP contribution in [0.5, 0.6) is 5.75 Å². The van der Waals surface area contributed by atoms with Crippen LogP contribution in [0.2, 0.25) is 0 Å². The Morgan fingerprint density at radius 3 is 2.22 bits per heavy atom. The summed E-state index contributed by atoms with van der Waals surface area (Å²) in [6, 6.07) is 3.04. The Kier molecular flexibility index (Phi) is 5.84. The summed E-state index contributed by atoms with van der Waals surface area (Å²) >= 11 is 0. The molecular weight excluding hydrogens is 358 g/mol. The van der Waals surface area contributed by atoms with Gasteiger partial charge in [-0.25, -0.2) is 4.79 Å². The zero-order chi connectivity index (χ0) is 20.3. The van der Waals surface area contributed by atoms with Gasteiger partial charge in [0.15, 0.2) is 0 Å². The van der Waals surface area contributed by atoms with Gasteiger partial charge in [0, 0.05) is 22.9 Å². The van der Waals surface area contributed by atoms with E-state index in [9.17, 15) is 34.5 Å². The SMILES string of the molecule is Cc1c(CCC(=O)N(CC(=O)[O-])CC(=O)[O-])c(=O)oc2c(C)c(O)ccc12. The third-order valence-corrected chi connectivity index (χ3v) is 4.26. The zero-order valence-corrected chi connectivity index (χ0v) is 14.7. The zero-order valence-electron chi connectivity index (χ0n) is 14.7. The van der Waals surface area contributed by atoms with Crippen LogP contribution >= 0.6 is 0 Å². The van der Waals surface area contributed by atoms with Crippen molar-refractivity contribution in [3.05, 3.63) is 39.2 Å². The number of hydrogen-bond acceptors (Lipinski definition) is 8. The summed E-state index contributed by atoms with van der Waals surface area (Å²) in [5.41, 5.74) is 0.728. The van der Waals surface area contributed by atoms with Gasteiger partial charge in [-0.3, -0.25) is 4.79 Å². The first-order chi connectivity index (χ1) is 12.6. The number of aromatic hydroxyl groups is 1. The number of fused-ring (bicyclic) bond motifs is 1. The van der Waals surface area contributed by atoms with Crippen molar-refractivity contribution in [2.75, 3.05) is 13.1 Å². The third kappa shape index (κ3) is 4.43. The molecule has 0 atom stereocenters. The highest BCUT2D eigenvalue weighted by Gasteiger charge is 2.18. The van der Waals surface area contributed by atoms with E-state index in [2.05, 4.69) is 0 Å². The lowest BCUT2D eigenvalue weighted by Crippen LogP contribution is -2.47. The summed E-state index contributed by atoms with van der Waals surface area (Å²) in [6.07, 6.45) is -0.367. The lowest BCUT2D eigenvalue weighted by Gasteiger charge is -2.23. The van der Waals surface area contributed by atoms with Gasteiger partial charge >= 0.3 is 5.63 Å². The maximum atomic E-state index is 12.3. The molecule has 0 bridgehead atoms.